The van der Waals surface area contributed by atoms with Crippen molar-refractivity contribution in [1.29, 1.82) is 0 Å². The van der Waals surface area contributed by atoms with Crippen LogP contribution in [0.4, 0.5) is 10.1 Å². The Bertz CT molecular complexity index is 816. The number of anilines is 1. The van der Waals surface area contributed by atoms with Gasteiger partial charge in [-0.05, 0) is 42.0 Å². The summed E-state index contributed by atoms with van der Waals surface area (Å²) in [5.41, 5.74) is 1.09. The van der Waals surface area contributed by atoms with Crippen molar-refractivity contribution in [3.63, 3.8) is 0 Å². The standard InChI is InChI=1S/C18H15FN2O3/c1-2-14(22)15-16(11-7-9-20-10-8-11)21(18(24)17(15)23)13-5-3-12(19)4-6-13/h3-10,16,23H,2H2,1H3. The van der Waals surface area contributed by atoms with E-state index in [1.165, 1.54) is 29.2 Å². The molecule has 1 amide bonds. The second-order valence-corrected chi connectivity index (χ2v) is 5.37. The minimum atomic E-state index is -0.765. The van der Waals surface area contributed by atoms with Crippen LogP contribution in [0.25, 0.3) is 0 Å². The first-order chi connectivity index (χ1) is 11.5. The Labute approximate surface area is 138 Å². The fourth-order valence-electron chi connectivity index (χ4n) is 2.81. The molecule has 0 aliphatic carbocycles. The van der Waals surface area contributed by atoms with Crippen LogP contribution in [0.1, 0.15) is 24.9 Å². The van der Waals surface area contributed by atoms with Gasteiger partial charge in [0.2, 0.25) is 0 Å². The molecule has 0 bridgehead atoms. The number of hydrogen-bond acceptors (Lipinski definition) is 4. The maximum atomic E-state index is 13.2. The monoisotopic (exact) mass is 326 g/mol. The molecule has 1 aromatic carbocycles. The molecule has 122 valence electrons. The molecule has 1 unspecified atom stereocenters. The third-order valence-corrected chi connectivity index (χ3v) is 3.96. The van der Waals surface area contributed by atoms with Crippen LogP contribution in [-0.2, 0) is 9.59 Å². The number of ketones is 1. The van der Waals surface area contributed by atoms with Gasteiger partial charge in [0.1, 0.15) is 5.82 Å². The van der Waals surface area contributed by atoms with Gasteiger partial charge >= 0.3 is 0 Å². The quantitative estimate of drug-likeness (QED) is 0.937. The van der Waals surface area contributed by atoms with Crippen LogP contribution in [0, 0.1) is 5.82 Å². The second kappa shape index (κ2) is 6.23. The average Bonchev–Trinajstić information content (AvgIpc) is 2.87. The Morgan fingerprint density at radius 1 is 1.21 bits per heavy atom. The summed E-state index contributed by atoms with van der Waals surface area (Å²) in [4.78, 5) is 30.1. The lowest BCUT2D eigenvalue weighted by atomic mass is 9.95. The van der Waals surface area contributed by atoms with Crippen LogP contribution in [0.3, 0.4) is 0 Å². The van der Waals surface area contributed by atoms with E-state index in [2.05, 4.69) is 4.98 Å². The van der Waals surface area contributed by atoms with Gasteiger partial charge in [-0.25, -0.2) is 4.39 Å². The van der Waals surface area contributed by atoms with Crippen LogP contribution in [0.5, 0.6) is 0 Å². The van der Waals surface area contributed by atoms with E-state index in [-0.39, 0.29) is 17.8 Å². The van der Waals surface area contributed by atoms with E-state index in [1.807, 2.05) is 0 Å². The molecule has 6 heteroatoms. The molecule has 5 nitrogen and oxygen atoms in total. The summed E-state index contributed by atoms with van der Waals surface area (Å²) in [5.74, 6) is -1.99. The number of halogens is 1. The van der Waals surface area contributed by atoms with Crippen LogP contribution >= 0.6 is 0 Å². The highest BCUT2D eigenvalue weighted by Crippen LogP contribution is 2.41. The van der Waals surface area contributed by atoms with E-state index in [4.69, 9.17) is 0 Å². The maximum absolute atomic E-state index is 13.2. The molecular weight excluding hydrogens is 311 g/mol. The predicted octanol–water partition coefficient (Wildman–Crippen LogP) is 3.10. The Morgan fingerprint density at radius 2 is 1.83 bits per heavy atom. The Kier molecular flexibility index (Phi) is 4.12. The molecular formula is C18H15FN2O3. The fourth-order valence-corrected chi connectivity index (χ4v) is 2.81. The van der Waals surface area contributed by atoms with E-state index in [0.29, 0.717) is 11.3 Å². The first kappa shape index (κ1) is 15.9. The molecule has 2 aromatic rings. The Hall–Kier alpha value is -3.02. The number of nitrogens with zero attached hydrogens (tertiary/aromatic N) is 2. The number of rotatable bonds is 4. The number of Topliss-reactive ketones (excluding diaryl/α,β-unsaturated/α-hetero) is 1. The smallest absolute Gasteiger partial charge is 0.294 e. The molecule has 3 rings (SSSR count). The van der Waals surface area contributed by atoms with Crippen molar-refractivity contribution < 1.29 is 19.1 Å². The van der Waals surface area contributed by atoms with E-state index in [9.17, 15) is 19.1 Å². The van der Waals surface area contributed by atoms with E-state index < -0.39 is 23.5 Å². The lowest BCUT2D eigenvalue weighted by Crippen LogP contribution is -2.31. The van der Waals surface area contributed by atoms with Gasteiger partial charge in [-0.15, -0.1) is 0 Å². The Morgan fingerprint density at radius 3 is 2.42 bits per heavy atom. The molecule has 0 radical (unpaired) electrons. The number of aromatic nitrogens is 1. The zero-order valence-corrected chi connectivity index (χ0v) is 12.9. The predicted molar refractivity (Wildman–Crippen MR) is 85.8 cm³/mol. The average molecular weight is 326 g/mol. The zero-order chi connectivity index (χ0) is 17.3. The molecule has 1 aliphatic rings. The van der Waals surface area contributed by atoms with Crippen LogP contribution in [-0.4, -0.2) is 21.8 Å². The number of hydrogen-bond donors (Lipinski definition) is 1. The van der Waals surface area contributed by atoms with E-state index >= 15 is 0 Å². The number of benzene rings is 1. The number of carbonyl (C=O) groups excluding carboxylic acids is 2. The number of carbonyl (C=O) groups is 2. The lowest BCUT2D eigenvalue weighted by Gasteiger charge is -2.26. The summed E-state index contributed by atoms with van der Waals surface area (Å²) < 4.78 is 13.2. The van der Waals surface area contributed by atoms with Gasteiger partial charge in [0.25, 0.3) is 5.91 Å². The Balaban J connectivity index is 2.16. The third-order valence-electron chi connectivity index (χ3n) is 3.96. The molecule has 24 heavy (non-hydrogen) atoms. The maximum Gasteiger partial charge on any atom is 0.294 e. The first-order valence-corrected chi connectivity index (χ1v) is 7.50. The van der Waals surface area contributed by atoms with Gasteiger partial charge in [0.15, 0.2) is 11.5 Å². The topological polar surface area (TPSA) is 70.5 Å². The van der Waals surface area contributed by atoms with Gasteiger partial charge in [0, 0.05) is 24.5 Å². The SMILES string of the molecule is CCC(=O)C1=C(O)C(=O)N(c2ccc(F)cc2)C1c1ccncc1. The van der Waals surface area contributed by atoms with Gasteiger partial charge in [0.05, 0.1) is 11.6 Å². The minimum absolute atomic E-state index is 0.0537. The van der Waals surface area contributed by atoms with Crippen molar-refractivity contribution >= 4 is 17.4 Å². The number of aliphatic hydroxyl groups excluding tert-OH is 1. The van der Waals surface area contributed by atoms with Crippen molar-refractivity contribution in [1.82, 2.24) is 4.98 Å². The number of amides is 1. The minimum Gasteiger partial charge on any atom is -0.503 e. The highest BCUT2D eigenvalue weighted by atomic mass is 19.1. The zero-order valence-electron chi connectivity index (χ0n) is 12.9. The molecule has 1 aromatic heterocycles. The highest BCUT2D eigenvalue weighted by Gasteiger charge is 2.43. The molecule has 1 aliphatic heterocycles. The molecule has 0 fully saturated rings. The van der Waals surface area contributed by atoms with Crippen molar-refractivity contribution in [3.05, 3.63) is 71.5 Å². The molecule has 0 spiro atoms. The normalized spacial score (nSPS) is 17.5. The summed E-state index contributed by atoms with van der Waals surface area (Å²) in [6.07, 6.45) is 3.25. The molecule has 0 saturated carbocycles. The molecule has 1 atom stereocenters. The van der Waals surface area contributed by atoms with Crippen LogP contribution < -0.4 is 4.90 Å². The molecule has 2 heterocycles. The van der Waals surface area contributed by atoms with E-state index in [0.717, 1.165) is 0 Å². The lowest BCUT2D eigenvalue weighted by molar-refractivity contribution is -0.118. The van der Waals surface area contributed by atoms with Crippen molar-refractivity contribution in [2.24, 2.45) is 0 Å². The van der Waals surface area contributed by atoms with Gasteiger partial charge in [-0.1, -0.05) is 6.92 Å². The van der Waals surface area contributed by atoms with Crippen molar-refractivity contribution in [2.45, 2.75) is 19.4 Å². The van der Waals surface area contributed by atoms with Gasteiger partial charge in [-0.3, -0.25) is 19.5 Å². The summed E-state index contributed by atoms with van der Waals surface area (Å²) in [6.45, 7) is 1.66. The second-order valence-electron chi connectivity index (χ2n) is 5.37. The highest BCUT2D eigenvalue weighted by molar-refractivity contribution is 6.16. The van der Waals surface area contributed by atoms with Crippen molar-refractivity contribution in [3.8, 4) is 0 Å². The van der Waals surface area contributed by atoms with Crippen molar-refractivity contribution in [2.75, 3.05) is 4.90 Å². The third kappa shape index (κ3) is 2.56. The summed E-state index contributed by atoms with van der Waals surface area (Å²) in [5, 5.41) is 10.3. The summed E-state index contributed by atoms with van der Waals surface area (Å²) >= 11 is 0. The summed E-state index contributed by atoms with van der Waals surface area (Å²) in [6, 6.07) is 7.92. The van der Waals surface area contributed by atoms with Gasteiger partial charge < -0.3 is 5.11 Å². The largest absolute Gasteiger partial charge is 0.503 e. The first-order valence-electron chi connectivity index (χ1n) is 7.50. The van der Waals surface area contributed by atoms with Crippen LogP contribution in [0.15, 0.2) is 60.1 Å². The molecule has 1 N–H and O–H groups in total. The number of aliphatic hydroxyl groups is 1. The summed E-state index contributed by atoms with van der Waals surface area (Å²) in [7, 11) is 0. The molecule has 0 saturated heterocycles. The number of pyridine rings is 1. The van der Waals surface area contributed by atoms with Crippen LogP contribution in [0.2, 0.25) is 0 Å². The van der Waals surface area contributed by atoms with E-state index in [1.54, 1.807) is 31.5 Å². The fraction of sp³-hybridized carbons (Fsp3) is 0.167. The van der Waals surface area contributed by atoms with Gasteiger partial charge in [-0.2, -0.15) is 0 Å².